The highest BCUT2D eigenvalue weighted by molar-refractivity contribution is 7.80. The zero-order valence-electron chi connectivity index (χ0n) is 15.8. The second kappa shape index (κ2) is 10.3. The van der Waals surface area contributed by atoms with E-state index in [1.165, 1.54) is 12.8 Å². The van der Waals surface area contributed by atoms with E-state index in [1.807, 2.05) is 19.9 Å². The number of aryl methyl sites for hydroxylation is 2. The van der Waals surface area contributed by atoms with E-state index in [9.17, 15) is 0 Å². The molecule has 0 amide bonds. The first-order valence-corrected chi connectivity index (χ1v) is 9.18. The first kappa shape index (κ1) is 20.5. The quantitative estimate of drug-likeness (QED) is 0.298. The van der Waals surface area contributed by atoms with Crippen molar-refractivity contribution in [2.45, 2.75) is 51.9 Å². The van der Waals surface area contributed by atoms with Gasteiger partial charge in [0.2, 0.25) is 11.9 Å². The van der Waals surface area contributed by atoms with Gasteiger partial charge < -0.3 is 20.1 Å². The Labute approximate surface area is 160 Å². The van der Waals surface area contributed by atoms with Gasteiger partial charge in [0.15, 0.2) is 11.4 Å². The molecule has 1 heterocycles. The Balaban J connectivity index is 2.06. The molecule has 0 atom stereocenters. The second-order valence-electron chi connectivity index (χ2n) is 6.27. The van der Waals surface area contributed by atoms with Gasteiger partial charge in [-0.2, -0.15) is 0 Å². The molecule has 0 aromatic carbocycles. The lowest BCUT2D eigenvalue weighted by Crippen LogP contribution is -2.46. The van der Waals surface area contributed by atoms with Gasteiger partial charge in [-0.1, -0.05) is 12.8 Å². The molecular formula is C17H28N6O2S. The summed E-state index contributed by atoms with van der Waals surface area (Å²) in [7, 11) is 3.15. The summed E-state index contributed by atoms with van der Waals surface area (Å²) in [6, 6.07) is 2.33. The van der Waals surface area contributed by atoms with Crippen LogP contribution in [0.1, 0.15) is 37.1 Å². The molecule has 0 unspecified atom stereocenters. The lowest BCUT2D eigenvalue weighted by molar-refractivity contribution is -0.0937. The Morgan fingerprint density at radius 3 is 2.42 bits per heavy atom. The Hall–Kier alpha value is -1.84. The zero-order valence-corrected chi connectivity index (χ0v) is 16.7. The zero-order chi connectivity index (χ0) is 18.9. The van der Waals surface area contributed by atoms with Gasteiger partial charge in [-0.25, -0.2) is 15.0 Å². The number of methoxy groups -OCH3 is 2. The highest BCUT2D eigenvalue weighted by Gasteiger charge is 2.16. The molecule has 9 heteroatoms. The van der Waals surface area contributed by atoms with Crippen molar-refractivity contribution >= 4 is 29.2 Å². The Morgan fingerprint density at radius 2 is 1.85 bits per heavy atom. The molecule has 0 radical (unpaired) electrons. The van der Waals surface area contributed by atoms with Crippen LogP contribution in [0.15, 0.2) is 11.1 Å². The molecule has 1 fully saturated rings. The molecule has 0 bridgehead atoms. The fourth-order valence-corrected chi connectivity index (χ4v) is 3.07. The van der Waals surface area contributed by atoms with Crippen LogP contribution in [0.3, 0.4) is 0 Å². The van der Waals surface area contributed by atoms with Crippen LogP contribution in [0.2, 0.25) is 0 Å². The van der Waals surface area contributed by atoms with Crippen molar-refractivity contribution in [2.75, 3.05) is 26.1 Å². The van der Waals surface area contributed by atoms with E-state index in [0.717, 1.165) is 24.2 Å². The van der Waals surface area contributed by atoms with E-state index in [1.54, 1.807) is 14.2 Å². The number of guanidine groups is 1. The van der Waals surface area contributed by atoms with Crippen molar-refractivity contribution in [3.05, 3.63) is 17.5 Å². The van der Waals surface area contributed by atoms with Crippen LogP contribution in [-0.2, 0) is 9.47 Å². The monoisotopic (exact) mass is 380 g/mol. The van der Waals surface area contributed by atoms with Crippen molar-refractivity contribution in [2.24, 2.45) is 4.99 Å². The number of thiocarbonyl (C=S) groups is 1. The summed E-state index contributed by atoms with van der Waals surface area (Å²) >= 11 is 5.42. The van der Waals surface area contributed by atoms with Crippen molar-refractivity contribution in [1.82, 2.24) is 20.6 Å². The third-order valence-corrected chi connectivity index (χ3v) is 4.28. The molecule has 26 heavy (non-hydrogen) atoms. The summed E-state index contributed by atoms with van der Waals surface area (Å²) in [6.45, 7) is 4.14. The number of aliphatic imine (C=N–C) groups is 1. The SMILES string of the molecule is COC(CN=C(NC(=S)NC1CCCC1)Nc1nc(C)cc(C)n1)OC. The van der Waals surface area contributed by atoms with Gasteiger partial charge in [0.05, 0.1) is 6.54 Å². The molecule has 0 spiro atoms. The van der Waals surface area contributed by atoms with E-state index in [0.29, 0.717) is 29.6 Å². The molecule has 1 aromatic heterocycles. The molecule has 0 aliphatic heterocycles. The number of ether oxygens (including phenoxy) is 2. The Morgan fingerprint density at radius 1 is 1.23 bits per heavy atom. The number of aromatic nitrogens is 2. The normalized spacial score (nSPS) is 15.3. The summed E-state index contributed by atoms with van der Waals surface area (Å²) in [5, 5.41) is 10.1. The summed E-state index contributed by atoms with van der Waals surface area (Å²) in [6.07, 6.45) is 4.30. The summed E-state index contributed by atoms with van der Waals surface area (Å²) in [5.74, 6) is 0.911. The molecule has 144 valence electrons. The number of rotatable bonds is 6. The second-order valence-corrected chi connectivity index (χ2v) is 6.68. The standard InChI is InChI=1S/C17H28N6O2S/c1-11-9-12(2)20-16(19-11)22-15(18-10-14(24-3)25-4)23-17(26)21-13-7-5-6-8-13/h9,13-14H,5-8,10H2,1-4H3,(H3,18,19,20,21,22,23,26). The van der Waals surface area contributed by atoms with Crippen LogP contribution < -0.4 is 16.0 Å². The first-order chi connectivity index (χ1) is 12.5. The van der Waals surface area contributed by atoms with Gasteiger partial charge in [0.25, 0.3) is 0 Å². The highest BCUT2D eigenvalue weighted by Crippen LogP contribution is 2.17. The molecule has 8 nitrogen and oxygen atoms in total. The van der Waals surface area contributed by atoms with Gasteiger partial charge in [0, 0.05) is 31.6 Å². The molecule has 1 aromatic rings. The van der Waals surface area contributed by atoms with E-state index in [4.69, 9.17) is 21.7 Å². The maximum Gasteiger partial charge on any atom is 0.229 e. The maximum atomic E-state index is 5.42. The number of nitrogens with one attached hydrogen (secondary N) is 3. The predicted octanol–water partition coefficient (Wildman–Crippen LogP) is 1.89. The van der Waals surface area contributed by atoms with Crippen LogP contribution in [-0.4, -0.2) is 54.1 Å². The van der Waals surface area contributed by atoms with Gasteiger partial charge in [-0.15, -0.1) is 0 Å². The minimum absolute atomic E-state index is 0.305. The van der Waals surface area contributed by atoms with Crippen molar-refractivity contribution in [1.29, 1.82) is 0 Å². The topological polar surface area (TPSA) is 92.7 Å². The molecule has 0 saturated heterocycles. The molecule has 2 rings (SSSR count). The van der Waals surface area contributed by atoms with E-state index >= 15 is 0 Å². The average Bonchev–Trinajstić information content (AvgIpc) is 3.07. The van der Waals surface area contributed by atoms with Crippen LogP contribution in [0.4, 0.5) is 5.95 Å². The number of anilines is 1. The molecule has 3 N–H and O–H groups in total. The van der Waals surface area contributed by atoms with Crippen LogP contribution in [0, 0.1) is 13.8 Å². The number of hydrogen-bond acceptors (Lipinski definition) is 6. The minimum atomic E-state index is -0.440. The van der Waals surface area contributed by atoms with Gasteiger partial charge in [-0.3, -0.25) is 5.32 Å². The van der Waals surface area contributed by atoms with Gasteiger partial charge in [-0.05, 0) is 45.0 Å². The van der Waals surface area contributed by atoms with E-state index < -0.39 is 6.29 Å². The van der Waals surface area contributed by atoms with Crippen LogP contribution in [0.25, 0.3) is 0 Å². The number of hydrogen-bond donors (Lipinski definition) is 3. The smallest absolute Gasteiger partial charge is 0.229 e. The van der Waals surface area contributed by atoms with E-state index in [-0.39, 0.29) is 0 Å². The van der Waals surface area contributed by atoms with Crippen molar-refractivity contribution in [3.8, 4) is 0 Å². The Bertz CT molecular complexity index is 609. The number of nitrogens with zero attached hydrogens (tertiary/aromatic N) is 3. The third kappa shape index (κ3) is 6.81. The van der Waals surface area contributed by atoms with Gasteiger partial charge in [0.1, 0.15) is 0 Å². The van der Waals surface area contributed by atoms with Crippen LogP contribution in [0.5, 0.6) is 0 Å². The fourth-order valence-electron chi connectivity index (χ4n) is 2.81. The minimum Gasteiger partial charge on any atom is -0.360 e. The maximum absolute atomic E-state index is 5.42. The third-order valence-electron chi connectivity index (χ3n) is 4.06. The first-order valence-electron chi connectivity index (χ1n) is 8.77. The van der Waals surface area contributed by atoms with Gasteiger partial charge >= 0.3 is 0 Å². The van der Waals surface area contributed by atoms with Crippen molar-refractivity contribution in [3.63, 3.8) is 0 Å². The molecular weight excluding hydrogens is 352 g/mol. The lowest BCUT2D eigenvalue weighted by Gasteiger charge is -2.18. The summed E-state index contributed by atoms with van der Waals surface area (Å²) in [4.78, 5) is 13.2. The van der Waals surface area contributed by atoms with E-state index in [2.05, 4.69) is 30.9 Å². The fraction of sp³-hybridized carbons (Fsp3) is 0.647. The largest absolute Gasteiger partial charge is 0.360 e. The molecule has 1 aliphatic carbocycles. The summed E-state index contributed by atoms with van der Waals surface area (Å²) in [5.41, 5.74) is 1.75. The summed E-state index contributed by atoms with van der Waals surface area (Å²) < 4.78 is 10.4. The highest BCUT2D eigenvalue weighted by atomic mass is 32.1. The van der Waals surface area contributed by atoms with Crippen LogP contribution >= 0.6 is 12.2 Å². The molecule has 1 aliphatic rings. The average molecular weight is 381 g/mol. The Kier molecular flexibility index (Phi) is 8.14. The predicted molar refractivity (Wildman–Crippen MR) is 106 cm³/mol. The molecule has 1 saturated carbocycles. The van der Waals surface area contributed by atoms with Crippen molar-refractivity contribution < 1.29 is 9.47 Å². The lowest BCUT2D eigenvalue weighted by atomic mass is 10.3.